The Balaban J connectivity index is 1.54. The quantitative estimate of drug-likeness (QED) is 0.760. The van der Waals surface area contributed by atoms with Gasteiger partial charge in [-0.15, -0.1) is 0 Å². The van der Waals surface area contributed by atoms with Crippen LogP contribution in [0.5, 0.6) is 0 Å². The zero-order valence-electron chi connectivity index (χ0n) is 9.15. The fraction of sp³-hybridized carbons (Fsp3) is 0.917. The number of hydrogen-bond acceptors (Lipinski definition) is 2. The van der Waals surface area contributed by atoms with E-state index in [2.05, 4.69) is 0 Å². The molecule has 0 aromatic heterocycles. The number of rotatable bonds is 5. The van der Waals surface area contributed by atoms with Gasteiger partial charge in [-0.2, -0.15) is 0 Å². The largest absolute Gasteiger partial charge is 0.481 e. The lowest BCUT2D eigenvalue weighted by Gasteiger charge is -2.21. The Morgan fingerprint density at radius 2 is 1.93 bits per heavy atom. The molecule has 2 aliphatic rings. The average Bonchev–Trinajstić information content (AvgIpc) is 2.99. The molecular formula is C12H20O3. The zero-order chi connectivity index (χ0) is 10.7. The van der Waals surface area contributed by atoms with Crippen molar-refractivity contribution in [3.05, 3.63) is 0 Å². The van der Waals surface area contributed by atoms with Crippen LogP contribution >= 0.6 is 0 Å². The molecule has 0 aromatic rings. The fourth-order valence-electron chi connectivity index (χ4n) is 2.47. The molecule has 0 aromatic carbocycles. The maximum atomic E-state index is 10.6. The highest BCUT2D eigenvalue weighted by molar-refractivity contribution is 5.73. The molecule has 2 saturated carbocycles. The van der Waals surface area contributed by atoms with Crippen LogP contribution in [0.2, 0.25) is 0 Å². The molecule has 0 saturated heterocycles. The lowest BCUT2D eigenvalue weighted by molar-refractivity contribution is -0.139. The predicted molar refractivity (Wildman–Crippen MR) is 56.6 cm³/mol. The second kappa shape index (κ2) is 4.97. The van der Waals surface area contributed by atoms with E-state index in [9.17, 15) is 4.79 Å². The molecule has 1 N–H and O–H groups in total. The van der Waals surface area contributed by atoms with E-state index >= 15 is 0 Å². The Labute approximate surface area is 90.8 Å². The first kappa shape index (κ1) is 10.9. The smallest absolute Gasteiger partial charge is 0.306 e. The van der Waals surface area contributed by atoms with Crippen molar-refractivity contribution in [2.45, 2.75) is 38.5 Å². The van der Waals surface area contributed by atoms with Crippen LogP contribution < -0.4 is 0 Å². The molecule has 0 bridgehead atoms. The third-order valence-electron chi connectivity index (χ3n) is 3.65. The number of carboxylic acids is 1. The van der Waals surface area contributed by atoms with Gasteiger partial charge in [-0.3, -0.25) is 4.79 Å². The molecule has 0 spiro atoms. The van der Waals surface area contributed by atoms with Gasteiger partial charge in [-0.25, -0.2) is 0 Å². The number of aliphatic carboxylic acids is 1. The topological polar surface area (TPSA) is 46.5 Å². The standard InChI is InChI=1S/C12H20O3/c13-12(14)11-6-10(11)8-15-7-9-4-2-1-3-5-9/h9-11H,1-8H2,(H,13,14). The third kappa shape index (κ3) is 3.20. The molecular weight excluding hydrogens is 192 g/mol. The first-order chi connectivity index (χ1) is 7.27. The molecule has 3 heteroatoms. The SMILES string of the molecule is O=C(O)C1CC1COCC1CCCCC1. The Bertz CT molecular complexity index is 221. The van der Waals surface area contributed by atoms with Crippen molar-refractivity contribution in [2.75, 3.05) is 13.2 Å². The van der Waals surface area contributed by atoms with Crippen LogP contribution in [0, 0.1) is 17.8 Å². The van der Waals surface area contributed by atoms with Gasteiger partial charge in [0.2, 0.25) is 0 Å². The molecule has 0 heterocycles. The van der Waals surface area contributed by atoms with Crippen molar-refractivity contribution in [1.29, 1.82) is 0 Å². The van der Waals surface area contributed by atoms with Crippen molar-refractivity contribution in [3.63, 3.8) is 0 Å². The van der Waals surface area contributed by atoms with Crippen LogP contribution in [0.25, 0.3) is 0 Å². The third-order valence-corrected chi connectivity index (χ3v) is 3.65. The Morgan fingerprint density at radius 3 is 2.53 bits per heavy atom. The summed E-state index contributed by atoms with van der Waals surface area (Å²) in [6.45, 7) is 1.51. The monoisotopic (exact) mass is 212 g/mol. The van der Waals surface area contributed by atoms with Crippen molar-refractivity contribution >= 4 is 5.97 Å². The Morgan fingerprint density at radius 1 is 1.20 bits per heavy atom. The van der Waals surface area contributed by atoms with Crippen LogP contribution in [0.4, 0.5) is 0 Å². The minimum Gasteiger partial charge on any atom is -0.481 e. The van der Waals surface area contributed by atoms with Crippen LogP contribution in [-0.2, 0) is 9.53 Å². The van der Waals surface area contributed by atoms with Gasteiger partial charge in [0.15, 0.2) is 0 Å². The lowest BCUT2D eigenvalue weighted by atomic mass is 9.90. The van der Waals surface area contributed by atoms with Crippen molar-refractivity contribution in [3.8, 4) is 0 Å². The summed E-state index contributed by atoms with van der Waals surface area (Å²) < 4.78 is 5.61. The summed E-state index contributed by atoms with van der Waals surface area (Å²) in [5.74, 6) is 0.268. The highest BCUT2D eigenvalue weighted by Crippen LogP contribution is 2.38. The molecule has 2 fully saturated rings. The van der Waals surface area contributed by atoms with E-state index in [0.717, 1.165) is 18.9 Å². The summed E-state index contributed by atoms with van der Waals surface area (Å²) in [6.07, 6.45) is 7.48. The van der Waals surface area contributed by atoms with E-state index in [0.29, 0.717) is 12.5 Å². The summed E-state index contributed by atoms with van der Waals surface area (Å²) in [7, 11) is 0. The first-order valence-electron chi connectivity index (χ1n) is 6.08. The highest BCUT2D eigenvalue weighted by atomic mass is 16.5. The lowest BCUT2D eigenvalue weighted by Crippen LogP contribution is -2.15. The van der Waals surface area contributed by atoms with Gasteiger partial charge in [0.1, 0.15) is 0 Å². The van der Waals surface area contributed by atoms with E-state index in [1.807, 2.05) is 0 Å². The molecule has 2 atom stereocenters. The molecule has 2 rings (SSSR count). The van der Waals surface area contributed by atoms with E-state index in [4.69, 9.17) is 9.84 Å². The fourth-order valence-corrected chi connectivity index (χ4v) is 2.47. The molecule has 15 heavy (non-hydrogen) atoms. The van der Waals surface area contributed by atoms with E-state index in [1.54, 1.807) is 0 Å². The van der Waals surface area contributed by atoms with Gasteiger partial charge in [-0.05, 0) is 31.1 Å². The Hall–Kier alpha value is -0.570. The minimum absolute atomic E-state index is 0.114. The summed E-state index contributed by atoms with van der Waals surface area (Å²) >= 11 is 0. The van der Waals surface area contributed by atoms with E-state index in [-0.39, 0.29) is 5.92 Å². The van der Waals surface area contributed by atoms with Crippen molar-refractivity contribution in [2.24, 2.45) is 17.8 Å². The predicted octanol–water partition coefficient (Wildman–Crippen LogP) is 2.30. The second-order valence-corrected chi connectivity index (χ2v) is 4.98. The van der Waals surface area contributed by atoms with Crippen LogP contribution in [0.3, 0.4) is 0 Å². The van der Waals surface area contributed by atoms with E-state index in [1.165, 1.54) is 32.1 Å². The van der Waals surface area contributed by atoms with Crippen LogP contribution in [-0.4, -0.2) is 24.3 Å². The van der Waals surface area contributed by atoms with Gasteiger partial charge in [0.05, 0.1) is 12.5 Å². The van der Waals surface area contributed by atoms with Gasteiger partial charge < -0.3 is 9.84 Å². The maximum Gasteiger partial charge on any atom is 0.306 e. The van der Waals surface area contributed by atoms with Crippen LogP contribution in [0.1, 0.15) is 38.5 Å². The molecule has 2 unspecified atom stereocenters. The van der Waals surface area contributed by atoms with Crippen LogP contribution in [0.15, 0.2) is 0 Å². The molecule has 2 aliphatic carbocycles. The first-order valence-corrected chi connectivity index (χ1v) is 6.08. The normalized spacial score (nSPS) is 31.5. The molecule has 86 valence electrons. The van der Waals surface area contributed by atoms with Gasteiger partial charge >= 0.3 is 5.97 Å². The average molecular weight is 212 g/mol. The minimum atomic E-state index is -0.652. The summed E-state index contributed by atoms with van der Waals surface area (Å²) in [5.41, 5.74) is 0. The molecule has 3 nitrogen and oxygen atoms in total. The number of hydrogen-bond donors (Lipinski definition) is 1. The summed E-state index contributed by atoms with van der Waals surface area (Å²) in [4.78, 5) is 10.6. The Kier molecular flexibility index (Phi) is 3.62. The maximum absolute atomic E-state index is 10.6. The summed E-state index contributed by atoms with van der Waals surface area (Å²) in [6, 6.07) is 0. The number of carboxylic acid groups (broad SMARTS) is 1. The number of carbonyl (C=O) groups is 1. The van der Waals surface area contributed by atoms with E-state index < -0.39 is 5.97 Å². The van der Waals surface area contributed by atoms with Crippen molar-refractivity contribution < 1.29 is 14.6 Å². The number of ether oxygens (including phenoxy) is 1. The van der Waals surface area contributed by atoms with Gasteiger partial charge in [-0.1, -0.05) is 19.3 Å². The summed E-state index contributed by atoms with van der Waals surface area (Å²) in [5, 5.41) is 8.72. The van der Waals surface area contributed by atoms with Crippen molar-refractivity contribution in [1.82, 2.24) is 0 Å². The van der Waals surface area contributed by atoms with Gasteiger partial charge in [0.25, 0.3) is 0 Å². The zero-order valence-corrected chi connectivity index (χ0v) is 9.15. The molecule has 0 aliphatic heterocycles. The van der Waals surface area contributed by atoms with Gasteiger partial charge in [0, 0.05) is 6.61 Å². The second-order valence-electron chi connectivity index (χ2n) is 4.98. The molecule has 0 amide bonds. The molecule has 0 radical (unpaired) electrons. The highest BCUT2D eigenvalue weighted by Gasteiger charge is 2.43.